The Morgan fingerprint density at radius 2 is 1.90 bits per heavy atom. The molecule has 3 heterocycles. The van der Waals surface area contributed by atoms with Gasteiger partial charge in [0.05, 0.1) is 28.6 Å². The first-order valence-corrected chi connectivity index (χ1v) is 13.0. The summed E-state index contributed by atoms with van der Waals surface area (Å²) in [6.07, 6.45) is 6.36. The fourth-order valence-corrected chi connectivity index (χ4v) is 4.81. The van der Waals surface area contributed by atoms with Gasteiger partial charge in [0.25, 0.3) is 11.8 Å². The van der Waals surface area contributed by atoms with E-state index in [9.17, 15) is 23.5 Å². The zero-order valence-corrected chi connectivity index (χ0v) is 21.8. The predicted octanol–water partition coefficient (Wildman–Crippen LogP) is 3.17. The minimum atomic E-state index is -2.92. The van der Waals surface area contributed by atoms with E-state index in [1.54, 1.807) is 30.6 Å². The van der Waals surface area contributed by atoms with Crippen LogP contribution in [0.5, 0.6) is 11.6 Å². The van der Waals surface area contributed by atoms with Crippen LogP contribution in [0.2, 0.25) is 0 Å². The van der Waals surface area contributed by atoms with Gasteiger partial charge in [-0.3, -0.25) is 9.59 Å². The number of amides is 2. The average Bonchev–Trinajstić information content (AvgIpc) is 3.46. The van der Waals surface area contributed by atoms with Crippen molar-refractivity contribution in [1.82, 2.24) is 24.7 Å². The van der Waals surface area contributed by atoms with Gasteiger partial charge < -0.3 is 25.6 Å². The second-order valence-electron chi connectivity index (χ2n) is 10.8. The lowest BCUT2D eigenvalue weighted by Crippen LogP contribution is -2.39. The van der Waals surface area contributed by atoms with E-state index in [1.165, 1.54) is 0 Å². The summed E-state index contributed by atoms with van der Waals surface area (Å²) in [7, 11) is 0. The van der Waals surface area contributed by atoms with E-state index < -0.39 is 18.1 Å². The van der Waals surface area contributed by atoms with Gasteiger partial charge in [0.15, 0.2) is 0 Å². The number of carbonyl (C=O) groups is 2. The molecule has 11 nitrogen and oxygen atoms in total. The highest BCUT2D eigenvalue weighted by atomic mass is 19.3. The van der Waals surface area contributed by atoms with Gasteiger partial charge in [0.2, 0.25) is 5.88 Å². The first-order chi connectivity index (χ1) is 18.5. The summed E-state index contributed by atoms with van der Waals surface area (Å²) in [4.78, 5) is 24.8. The molecule has 0 aromatic carbocycles. The average molecular weight is 547 g/mol. The number of hydrogen-bond acceptors (Lipinski definition) is 7. The maximum Gasteiger partial charge on any atom is 0.333 e. The van der Waals surface area contributed by atoms with Gasteiger partial charge in [-0.05, 0) is 64.5 Å². The molecule has 4 N–H and O–H groups in total. The second-order valence-corrected chi connectivity index (χ2v) is 10.8. The van der Waals surface area contributed by atoms with E-state index in [4.69, 9.17) is 15.2 Å². The molecule has 39 heavy (non-hydrogen) atoms. The maximum absolute atomic E-state index is 13.2. The van der Waals surface area contributed by atoms with Crippen LogP contribution in [0.4, 0.5) is 8.78 Å². The van der Waals surface area contributed by atoms with Crippen molar-refractivity contribution in [2.24, 2.45) is 5.73 Å². The largest absolute Gasteiger partial charge is 0.489 e. The zero-order valence-electron chi connectivity index (χ0n) is 21.8. The molecule has 2 saturated carbocycles. The van der Waals surface area contributed by atoms with E-state index in [2.05, 4.69) is 15.5 Å². The first-order valence-electron chi connectivity index (χ1n) is 13.0. The molecule has 0 atom stereocenters. The van der Waals surface area contributed by atoms with Crippen molar-refractivity contribution in [3.63, 3.8) is 0 Å². The topological polar surface area (TPSA) is 146 Å². The van der Waals surface area contributed by atoms with Crippen LogP contribution in [0.25, 0.3) is 5.52 Å². The van der Waals surface area contributed by atoms with Crippen LogP contribution in [0.3, 0.4) is 0 Å². The van der Waals surface area contributed by atoms with Gasteiger partial charge in [-0.25, -0.2) is 9.20 Å². The van der Waals surface area contributed by atoms with Crippen LogP contribution < -0.4 is 20.5 Å². The molecule has 0 saturated heterocycles. The highest BCUT2D eigenvalue weighted by molar-refractivity contribution is 6.01. The van der Waals surface area contributed by atoms with E-state index in [-0.39, 0.29) is 36.1 Å². The van der Waals surface area contributed by atoms with Gasteiger partial charge in [-0.2, -0.15) is 13.9 Å². The third-order valence-corrected chi connectivity index (χ3v) is 6.92. The lowest BCUT2D eigenvalue weighted by Gasteiger charge is -2.29. The Morgan fingerprint density at radius 3 is 2.51 bits per heavy atom. The first kappa shape index (κ1) is 26.9. The summed E-state index contributed by atoms with van der Waals surface area (Å²) in [5.74, 6) is -0.406. The van der Waals surface area contributed by atoms with Gasteiger partial charge >= 0.3 is 6.55 Å². The fraction of sp³-hybridized carbons (Fsp3) is 0.538. The summed E-state index contributed by atoms with van der Waals surface area (Å²) < 4.78 is 39.7. The van der Waals surface area contributed by atoms with Gasteiger partial charge in [-0.1, -0.05) is 0 Å². The number of primary amides is 1. The van der Waals surface area contributed by atoms with Crippen LogP contribution in [-0.2, 0) is 0 Å². The number of nitrogens with zero attached hydrogens (tertiary/aromatic N) is 4. The molecule has 13 heteroatoms. The van der Waals surface area contributed by atoms with Crippen molar-refractivity contribution in [3.8, 4) is 11.6 Å². The quantitative estimate of drug-likeness (QED) is 0.354. The Morgan fingerprint density at radius 1 is 1.18 bits per heavy atom. The number of fused-ring (bicyclic) bond motifs is 1. The van der Waals surface area contributed by atoms with Crippen LogP contribution >= 0.6 is 0 Å². The molecule has 210 valence electrons. The number of aliphatic hydroxyl groups is 1. The standard InChI is InChI=1S/C26H32F2N6O5/c1-26(2,37)13-38-20-10-9-19-17(11-30-34(19)21(20)14-3-4-14)23(36)31-15-5-7-16(8-6-15)39-24-18(22(29)35)12-33(32-24)25(27)28/h9-12,14-16,25,37H,3-8,13H2,1-2H3,(H2,29,35)(H,31,36). The monoisotopic (exact) mass is 546 g/mol. The van der Waals surface area contributed by atoms with Crippen molar-refractivity contribution in [2.75, 3.05) is 6.61 Å². The lowest BCUT2D eigenvalue weighted by atomic mass is 9.92. The molecule has 2 amide bonds. The van der Waals surface area contributed by atoms with Crippen LogP contribution in [0.1, 0.15) is 91.2 Å². The van der Waals surface area contributed by atoms with Crippen molar-refractivity contribution in [2.45, 2.75) is 82.6 Å². The molecule has 2 aliphatic rings. The number of nitrogens with two attached hydrogens (primary N) is 1. The summed E-state index contributed by atoms with van der Waals surface area (Å²) in [6, 6.07) is 3.51. The van der Waals surface area contributed by atoms with Crippen molar-refractivity contribution >= 4 is 17.3 Å². The summed E-state index contributed by atoms with van der Waals surface area (Å²) in [6.45, 7) is 0.574. The van der Waals surface area contributed by atoms with E-state index in [0.717, 1.165) is 24.7 Å². The number of rotatable bonds is 10. The van der Waals surface area contributed by atoms with E-state index in [1.807, 2.05) is 6.07 Å². The maximum atomic E-state index is 13.2. The van der Waals surface area contributed by atoms with Crippen molar-refractivity contribution in [3.05, 3.63) is 41.3 Å². The number of ether oxygens (including phenoxy) is 2. The predicted molar refractivity (Wildman–Crippen MR) is 135 cm³/mol. The molecule has 0 radical (unpaired) electrons. The number of carbonyl (C=O) groups excluding carboxylic acids is 2. The van der Waals surface area contributed by atoms with E-state index >= 15 is 0 Å². The van der Waals surface area contributed by atoms with Gasteiger partial charge in [-0.15, -0.1) is 5.10 Å². The summed E-state index contributed by atoms with van der Waals surface area (Å²) >= 11 is 0. The smallest absolute Gasteiger partial charge is 0.333 e. The number of aromatic nitrogens is 4. The number of nitrogens with one attached hydrogen (secondary N) is 1. The van der Waals surface area contributed by atoms with Crippen molar-refractivity contribution < 1.29 is 33.0 Å². The second kappa shape index (κ2) is 10.4. The van der Waals surface area contributed by atoms with Gasteiger partial charge in [0, 0.05) is 18.2 Å². The van der Waals surface area contributed by atoms with E-state index in [0.29, 0.717) is 53.1 Å². The Labute approximate surface area is 223 Å². The molecule has 0 unspecified atom stereocenters. The molecule has 5 rings (SSSR count). The highest BCUT2D eigenvalue weighted by Gasteiger charge is 2.32. The Balaban J connectivity index is 1.23. The number of alkyl halides is 2. The molecule has 2 aliphatic carbocycles. The van der Waals surface area contributed by atoms with Crippen molar-refractivity contribution in [1.29, 1.82) is 0 Å². The minimum Gasteiger partial charge on any atom is -0.489 e. The molecule has 2 fully saturated rings. The van der Waals surface area contributed by atoms with Gasteiger partial charge in [0.1, 0.15) is 24.0 Å². The highest BCUT2D eigenvalue weighted by Crippen LogP contribution is 2.44. The normalized spacial score (nSPS) is 19.8. The van der Waals surface area contributed by atoms with Crippen LogP contribution in [-0.4, -0.2) is 60.7 Å². The summed E-state index contributed by atoms with van der Waals surface area (Å²) in [5, 5.41) is 21.3. The molecule has 3 aromatic rings. The molecule has 3 aromatic heterocycles. The van der Waals surface area contributed by atoms with Crippen LogP contribution in [0.15, 0.2) is 24.5 Å². The Hall–Kier alpha value is -3.74. The molecular weight excluding hydrogens is 514 g/mol. The molecule has 0 bridgehead atoms. The SMILES string of the molecule is CC(C)(O)COc1ccc2c(C(=O)NC3CCC(Oc4nn(C(F)F)cc4C(N)=O)CC3)cnn2c1C1CC1. The number of hydrogen-bond donors (Lipinski definition) is 3. The molecule has 0 spiro atoms. The fourth-order valence-electron chi connectivity index (χ4n) is 4.81. The Bertz CT molecular complexity index is 1370. The number of halogens is 2. The zero-order chi connectivity index (χ0) is 27.9. The number of pyridine rings is 1. The third-order valence-electron chi connectivity index (χ3n) is 6.92. The lowest BCUT2D eigenvalue weighted by molar-refractivity contribution is 0.0279. The summed E-state index contributed by atoms with van der Waals surface area (Å²) in [5.41, 5.74) is 6.13. The minimum absolute atomic E-state index is 0.112. The Kier molecular flexibility index (Phi) is 7.19. The third kappa shape index (κ3) is 5.97. The molecular formula is C26H32F2N6O5. The van der Waals surface area contributed by atoms with Crippen LogP contribution in [0, 0.1) is 0 Å². The molecule has 0 aliphatic heterocycles.